The molecule has 3 aliphatic heterocycles. The standard InChI is InChI=1S/C32H57N3O10/c1-18-15-32(5,42-9)28(45-30-27(38)23(33(6)7)14-19(2)44-30)20(3)25(36)21(4)29(39)43-17-24(34(8)16-18)26(37)22-10-12-35(13-11-22)31(40)41/h18-24,26-28,30,37-38H,10-17H2,1-9H3,(H,40,41)/t18-,19-,20+,21-,23+,24-,26-,27-,28-,30+,32-/m1/s1. The fourth-order valence-electron chi connectivity index (χ4n) is 7.47. The smallest absolute Gasteiger partial charge is 0.407 e. The number of aliphatic hydroxyl groups is 2. The Morgan fingerprint density at radius 2 is 1.76 bits per heavy atom. The summed E-state index contributed by atoms with van der Waals surface area (Å²) >= 11 is 0. The third-order valence-corrected chi connectivity index (χ3v) is 10.3. The number of likely N-dealkylation sites (tertiary alicyclic amines) is 1. The van der Waals surface area contributed by atoms with Crippen molar-refractivity contribution in [1.29, 1.82) is 0 Å². The average molecular weight is 644 g/mol. The molecule has 3 heterocycles. The third-order valence-electron chi connectivity index (χ3n) is 10.3. The van der Waals surface area contributed by atoms with E-state index in [-0.39, 0.29) is 36.4 Å². The Labute approximate surface area is 268 Å². The summed E-state index contributed by atoms with van der Waals surface area (Å²) in [7, 11) is 7.22. The van der Waals surface area contributed by atoms with E-state index >= 15 is 0 Å². The van der Waals surface area contributed by atoms with Gasteiger partial charge in [0, 0.05) is 38.7 Å². The number of methoxy groups -OCH3 is 1. The number of cyclic esters (lactones) is 1. The van der Waals surface area contributed by atoms with E-state index in [4.69, 9.17) is 18.9 Å². The molecule has 0 saturated carbocycles. The number of esters is 1. The summed E-state index contributed by atoms with van der Waals surface area (Å²) in [6.45, 7) is 10.1. The van der Waals surface area contributed by atoms with Crippen LogP contribution in [0.1, 0.15) is 60.3 Å². The van der Waals surface area contributed by atoms with Crippen LogP contribution in [-0.4, -0.2) is 151 Å². The lowest BCUT2D eigenvalue weighted by Gasteiger charge is -2.47. The minimum atomic E-state index is -1.11. The van der Waals surface area contributed by atoms with Gasteiger partial charge in [-0.1, -0.05) is 13.8 Å². The molecule has 3 rings (SSSR count). The van der Waals surface area contributed by atoms with Gasteiger partial charge in [0.05, 0.1) is 30.0 Å². The monoisotopic (exact) mass is 643 g/mol. The topological polar surface area (TPSA) is 159 Å². The van der Waals surface area contributed by atoms with Crippen molar-refractivity contribution in [1.82, 2.24) is 14.7 Å². The van der Waals surface area contributed by atoms with Gasteiger partial charge in [0.25, 0.3) is 0 Å². The van der Waals surface area contributed by atoms with Gasteiger partial charge in [-0.3, -0.25) is 14.5 Å². The van der Waals surface area contributed by atoms with Crippen LogP contribution in [0.3, 0.4) is 0 Å². The highest BCUT2D eigenvalue weighted by Gasteiger charge is 2.49. The third kappa shape index (κ3) is 8.94. The van der Waals surface area contributed by atoms with E-state index in [0.29, 0.717) is 45.3 Å². The first kappa shape index (κ1) is 37.6. The molecule has 0 aliphatic carbocycles. The quantitative estimate of drug-likeness (QED) is 0.285. The first-order valence-corrected chi connectivity index (χ1v) is 16.3. The Morgan fingerprint density at radius 1 is 1.13 bits per heavy atom. The Kier molecular flexibility index (Phi) is 13.2. The van der Waals surface area contributed by atoms with Crippen molar-refractivity contribution in [3.63, 3.8) is 0 Å². The van der Waals surface area contributed by atoms with Crippen molar-refractivity contribution in [2.75, 3.05) is 54.5 Å². The maximum Gasteiger partial charge on any atom is 0.407 e. The molecule has 0 spiro atoms. The minimum Gasteiger partial charge on any atom is -0.465 e. The maximum atomic E-state index is 13.9. The van der Waals surface area contributed by atoms with Crippen molar-refractivity contribution in [2.45, 2.75) is 109 Å². The average Bonchev–Trinajstić information content (AvgIpc) is 2.99. The summed E-state index contributed by atoms with van der Waals surface area (Å²) in [5.74, 6) is -3.19. The van der Waals surface area contributed by atoms with Crippen LogP contribution >= 0.6 is 0 Å². The van der Waals surface area contributed by atoms with Crippen molar-refractivity contribution in [3.05, 3.63) is 0 Å². The fraction of sp³-hybridized carbons (Fsp3) is 0.906. The van der Waals surface area contributed by atoms with Crippen molar-refractivity contribution in [3.8, 4) is 0 Å². The van der Waals surface area contributed by atoms with Crippen LogP contribution in [-0.2, 0) is 28.5 Å². The summed E-state index contributed by atoms with van der Waals surface area (Å²) in [4.78, 5) is 43.8. The van der Waals surface area contributed by atoms with Gasteiger partial charge in [-0.2, -0.15) is 0 Å². The zero-order chi connectivity index (χ0) is 33.8. The van der Waals surface area contributed by atoms with Crippen LogP contribution in [0.25, 0.3) is 0 Å². The van der Waals surface area contributed by atoms with Gasteiger partial charge in [0.1, 0.15) is 18.6 Å². The molecule has 0 bridgehead atoms. The lowest BCUT2D eigenvalue weighted by Crippen LogP contribution is -2.59. The Hall–Kier alpha value is -1.87. The second-order valence-electron chi connectivity index (χ2n) is 14.1. The zero-order valence-electron chi connectivity index (χ0n) is 28.5. The number of piperidine rings is 1. The highest BCUT2D eigenvalue weighted by atomic mass is 16.7. The van der Waals surface area contributed by atoms with Crippen molar-refractivity contribution < 1.29 is 48.7 Å². The molecule has 0 aromatic carbocycles. The second-order valence-corrected chi connectivity index (χ2v) is 14.1. The predicted octanol–water partition coefficient (Wildman–Crippen LogP) is 1.68. The van der Waals surface area contributed by atoms with E-state index in [1.807, 2.05) is 44.8 Å². The molecule has 0 radical (unpaired) electrons. The zero-order valence-corrected chi connectivity index (χ0v) is 28.5. The largest absolute Gasteiger partial charge is 0.465 e. The molecule has 3 fully saturated rings. The summed E-state index contributed by atoms with van der Waals surface area (Å²) in [6.07, 6.45) is -2.82. The lowest BCUT2D eigenvalue weighted by molar-refractivity contribution is -0.295. The number of ether oxygens (including phenoxy) is 4. The highest BCUT2D eigenvalue weighted by Crippen LogP contribution is 2.37. The number of carbonyl (C=O) groups excluding carboxylic acids is 2. The fourth-order valence-corrected chi connectivity index (χ4v) is 7.47. The lowest BCUT2D eigenvalue weighted by atomic mass is 9.78. The molecular weight excluding hydrogens is 586 g/mol. The summed E-state index contributed by atoms with van der Waals surface area (Å²) in [6, 6.07) is -0.774. The number of hydrogen-bond donors (Lipinski definition) is 3. The molecule has 3 aliphatic rings. The van der Waals surface area contributed by atoms with E-state index in [2.05, 4.69) is 6.92 Å². The van der Waals surface area contributed by atoms with Crippen molar-refractivity contribution in [2.24, 2.45) is 23.7 Å². The molecule has 0 unspecified atom stereocenters. The maximum absolute atomic E-state index is 13.9. The summed E-state index contributed by atoms with van der Waals surface area (Å²) in [5, 5.41) is 32.1. The van der Waals surface area contributed by atoms with Gasteiger partial charge in [0.2, 0.25) is 0 Å². The van der Waals surface area contributed by atoms with E-state index < -0.39 is 60.1 Å². The first-order chi connectivity index (χ1) is 21.0. The van der Waals surface area contributed by atoms with Crippen LogP contribution in [0.15, 0.2) is 0 Å². The molecule has 3 saturated heterocycles. The molecule has 13 nitrogen and oxygen atoms in total. The molecule has 0 aromatic heterocycles. The van der Waals surface area contributed by atoms with Gasteiger partial charge in [-0.15, -0.1) is 0 Å². The normalized spacial score (nSPS) is 39.5. The van der Waals surface area contributed by atoms with E-state index in [1.165, 1.54) is 11.8 Å². The number of ketones is 1. The second kappa shape index (κ2) is 15.8. The number of amides is 1. The molecule has 11 atom stereocenters. The molecular formula is C32H57N3O10. The van der Waals surface area contributed by atoms with Crippen LogP contribution in [0.2, 0.25) is 0 Å². The molecule has 260 valence electrons. The number of rotatable bonds is 6. The predicted molar refractivity (Wildman–Crippen MR) is 166 cm³/mol. The van der Waals surface area contributed by atoms with Crippen LogP contribution in [0, 0.1) is 23.7 Å². The number of carboxylic acid groups (broad SMARTS) is 1. The Bertz CT molecular complexity index is 1010. The minimum absolute atomic E-state index is 0.0172. The number of hydrogen-bond acceptors (Lipinski definition) is 11. The highest BCUT2D eigenvalue weighted by molar-refractivity contribution is 6.00. The van der Waals surface area contributed by atoms with Gasteiger partial charge in [-0.25, -0.2) is 4.79 Å². The van der Waals surface area contributed by atoms with Gasteiger partial charge in [0.15, 0.2) is 12.1 Å². The molecule has 1 amide bonds. The van der Waals surface area contributed by atoms with Crippen LogP contribution < -0.4 is 0 Å². The van der Waals surface area contributed by atoms with Gasteiger partial charge >= 0.3 is 12.1 Å². The van der Waals surface area contributed by atoms with E-state index in [9.17, 15) is 29.7 Å². The van der Waals surface area contributed by atoms with Crippen LogP contribution in [0.5, 0.6) is 0 Å². The number of nitrogens with zero attached hydrogens (tertiary/aromatic N) is 3. The molecule has 0 aromatic rings. The first-order valence-electron chi connectivity index (χ1n) is 16.3. The Balaban J connectivity index is 1.91. The van der Waals surface area contributed by atoms with Crippen LogP contribution in [0.4, 0.5) is 4.79 Å². The van der Waals surface area contributed by atoms with Gasteiger partial charge in [-0.05, 0) is 79.4 Å². The molecule has 13 heteroatoms. The number of Topliss-reactive ketones (excluding diaryl/α,β-unsaturated/α-hetero) is 1. The van der Waals surface area contributed by atoms with Gasteiger partial charge < -0.3 is 44.1 Å². The van der Waals surface area contributed by atoms with E-state index in [0.717, 1.165) is 0 Å². The SMILES string of the molecule is CO[C@]1(C)C[C@@H](C)CN(C)[C@@H]([C@H](O)C2CCN(C(=O)O)CC2)COC(=O)[C@H](C)C(=O)[C@H](C)[C@H]1O[C@@H]1O[C@H](C)C[C@H](N(C)C)[C@H]1O. The number of aliphatic hydroxyl groups excluding tert-OH is 2. The number of likely N-dealkylation sites (N-methyl/N-ethyl adjacent to an activating group) is 2. The molecule has 45 heavy (non-hydrogen) atoms. The Morgan fingerprint density at radius 3 is 2.31 bits per heavy atom. The number of carbonyl (C=O) groups is 3. The van der Waals surface area contributed by atoms with E-state index in [1.54, 1.807) is 14.0 Å². The summed E-state index contributed by atoms with van der Waals surface area (Å²) in [5.41, 5.74) is -1.01. The molecule has 3 N–H and O–H groups in total. The summed E-state index contributed by atoms with van der Waals surface area (Å²) < 4.78 is 24.5. The van der Waals surface area contributed by atoms with Crippen molar-refractivity contribution >= 4 is 17.8 Å².